The summed E-state index contributed by atoms with van der Waals surface area (Å²) in [4.78, 5) is 4.30. The first-order valence-corrected chi connectivity index (χ1v) is 6.81. The van der Waals surface area contributed by atoms with Gasteiger partial charge in [-0.3, -0.25) is 0 Å². The van der Waals surface area contributed by atoms with E-state index in [1.807, 2.05) is 30.3 Å². The van der Waals surface area contributed by atoms with Gasteiger partial charge in [0, 0.05) is 14.2 Å². The van der Waals surface area contributed by atoms with Gasteiger partial charge >= 0.3 is 0 Å². The molecule has 1 saturated carbocycles. The number of nitrogens with zero attached hydrogens (tertiary/aromatic N) is 3. The van der Waals surface area contributed by atoms with Crippen molar-refractivity contribution < 1.29 is 5.76 Å². The van der Waals surface area contributed by atoms with Crippen LogP contribution in [0.2, 0.25) is 0 Å². The van der Waals surface area contributed by atoms with Crippen LogP contribution in [-0.4, -0.2) is 14.8 Å². The van der Waals surface area contributed by atoms with E-state index >= 15 is 0 Å². The molecular weight excluding hydrogens is 241 g/mol. The second-order valence-electron chi connectivity index (χ2n) is 5.41. The van der Waals surface area contributed by atoms with Crippen LogP contribution in [0.5, 0.6) is 0 Å². The molecule has 1 aliphatic carbocycles. The molecule has 1 unspecified atom stereocenters. The minimum Gasteiger partial charge on any atom is -0.239 e. The average molecular weight is 258 g/mol. The van der Waals surface area contributed by atoms with Gasteiger partial charge in [0.05, 0.1) is 6.04 Å². The summed E-state index contributed by atoms with van der Waals surface area (Å²) in [7, 11) is 0. The highest BCUT2D eigenvalue weighted by Crippen LogP contribution is 2.40. The van der Waals surface area contributed by atoms with Gasteiger partial charge in [-0.1, -0.05) is 30.3 Å². The first kappa shape index (κ1) is 10.1. The predicted molar refractivity (Wildman–Crippen MR) is 69.5 cm³/mol. The maximum absolute atomic E-state index is 14.2. The SMILES string of the molecule is [2H]C(c1nc2n(n1)[C@H](c1ccccc1)C[C@@H]2F)C1CC1. The fraction of sp³-hybridized carbons (Fsp3) is 0.467. The lowest BCUT2D eigenvalue weighted by atomic mass is 10.0. The Labute approximate surface area is 112 Å². The van der Waals surface area contributed by atoms with Gasteiger partial charge in [0.1, 0.15) is 0 Å². The van der Waals surface area contributed by atoms with Crippen LogP contribution in [0, 0.1) is 5.92 Å². The van der Waals surface area contributed by atoms with Crippen molar-refractivity contribution in [2.45, 2.75) is 37.9 Å². The maximum atomic E-state index is 14.2. The molecule has 0 saturated heterocycles. The Morgan fingerprint density at radius 1 is 1.32 bits per heavy atom. The smallest absolute Gasteiger partial charge is 0.162 e. The van der Waals surface area contributed by atoms with Crippen molar-refractivity contribution in [2.24, 2.45) is 5.92 Å². The second kappa shape index (κ2) is 4.15. The molecule has 1 fully saturated rings. The summed E-state index contributed by atoms with van der Waals surface area (Å²) in [5.74, 6) is 1.25. The second-order valence-corrected chi connectivity index (χ2v) is 5.41. The molecule has 4 rings (SSSR count). The largest absolute Gasteiger partial charge is 0.239 e. The van der Waals surface area contributed by atoms with Crippen LogP contribution < -0.4 is 0 Å². The fourth-order valence-corrected chi connectivity index (χ4v) is 2.69. The van der Waals surface area contributed by atoms with Gasteiger partial charge in [-0.05, 0) is 24.3 Å². The van der Waals surface area contributed by atoms with Crippen LogP contribution in [0.1, 0.15) is 50.1 Å². The standard InChI is InChI=1S/C15H16FN3/c16-12-9-13(11-4-2-1-3-5-11)19-15(12)17-14(18-19)8-10-6-7-10/h1-5,10,12-13H,6-9H2/t12-,13-/m0/s1/i8D/t8?,12-,13-. The molecule has 1 aliphatic heterocycles. The minimum absolute atomic E-state index is 0.0890. The van der Waals surface area contributed by atoms with Crippen molar-refractivity contribution in [1.29, 1.82) is 0 Å². The lowest BCUT2D eigenvalue weighted by Crippen LogP contribution is -2.08. The Bertz CT molecular complexity index is 623. The lowest BCUT2D eigenvalue weighted by molar-refractivity contribution is 0.328. The Balaban J connectivity index is 1.71. The molecule has 0 bridgehead atoms. The normalized spacial score (nSPS) is 27.9. The molecule has 2 aliphatic rings. The summed E-state index contributed by atoms with van der Waals surface area (Å²) in [5.41, 5.74) is 1.05. The molecule has 0 N–H and O–H groups in total. The predicted octanol–water partition coefficient (Wildman–Crippen LogP) is 3.23. The van der Waals surface area contributed by atoms with E-state index in [0.717, 1.165) is 18.4 Å². The molecule has 2 aromatic rings. The van der Waals surface area contributed by atoms with E-state index in [4.69, 9.17) is 1.37 Å². The average Bonchev–Trinajstić information content (AvgIpc) is 3.15. The summed E-state index contributed by atoms with van der Waals surface area (Å²) in [5, 5.41) is 4.44. The van der Waals surface area contributed by atoms with E-state index in [1.54, 1.807) is 4.68 Å². The van der Waals surface area contributed by atoms with Gasteiger partial charge in [-0.25, -0.2) is 14.1 Å². The number of aromatic nitrogens is 3. The molecule has 3 atom stereocenters. The van der Waals surface area contributed by atoms with Crippen LogP contribution in [0.15, 0.2) is 30.3 Å². The van der Waals surface area contributed by atoms with Crippen LogP contribution in [0.3, 0.4) is 0 Å². The van der Waals surface area contributed by atoms with Crippen molar-refractivity contribution in [2.75, 3.05) is 0 Å². The number of benzene rings is 1. The van der Waals surface area contributed by atoms with E-state index in [0.29, 0.717) is 24.0 Å². The molecule has 0 spiro atoms. The molecule has 3 nitrogen and oxygen atoms in total. The van der Waals surface area contributed by atoms with Crippen molar-refractivity contribution in [3.05, 3.63) is 47.5 Å². The Hall–Kier alpha value is -1.71. The third-order valence-corrected chi connectivity index (χ3v) is 3.87. The van der Waals surface area contributed by atoms with Gasteiger partial charge in [0.2, 0.25) is 0 Å². The van der Waals surface area contributed by atoms with Gasteiger partial charge in [-0.2, -0.15) is 5.10 Å². The van der Waals surface area contributed by atoms with Crippen LogP contribution in [0.4, 0.5) is 4.39 Å². The molecule has 1 aromatic heterocycles. The topological polar surface area (TPSA) is 30.7 Å². The van der Waals surface area contributed by atoms with Crippen molar-refractivity contribution in [1.82, 2.24) is 14.8 Å². The molecule has 0 amide bonds. The first-order valence-electron chi connectivity index (χ1n) is 7.39. The Morgan fingerprint density at radius 3 is 2.84 bits per heavy atom. The summed E-state index contributed by atoms with van der Waals surface area (Å²) in [6.07, 6.45) is 1.06. The molecule has 1 aromatic carbocycles. The summed E-state index contributed by atoms with van der Waals surface area (Å²) in [6.45, 7) is 0. The van der Waals surface area contributed by atoms with Crippen LogP contribution in [0.25, 0.3) is 0 Å². The number of alkyl halides is 1. The minimum atomic E-state index is -1.08. The number of fused-ring (bicyclic) bond motifs is 1. The summed E-state index contributed by atoms with van der Waals surface area (Å²) in [6, 6.07) is 9.76. The monoisotopic (exact) mass is 258 g/mol. The Morgan fingerprint density at radius 2 is 2.11 bits per heavy atom. The Kier molecular flexibility index (Phi) is 2.21. The van der Waals surface area contributed by atoms with Gasteiger partial charge in [0.15, 0.2) is 17.8 Å². The van der Waals surface area contributed by atoms with E-state index in [-0.39, 0.29) is 6.04 Å². The first-order chi connectivity index (χ1) is 9.74. The zero-order valence-corrected chi connectivity index (χ0v) is 10.5. The zero-order valence-electron chi connectivity index (χ0n) is 11.5. The quantitative estimate of drug-likeness (QED) is 0.846. The van der Waals surface area contributed by atoms with Crippen molar-refractivity contribution >= 4 is 0 Å². The third-order valence-electron chi connectivity index (χ3n) is 3.87. The summed E-state index contributed by atoms with van der Waals surface area (Å²) >= 11 is 0. The highest BCUT2D eigenvalue weighted by molar-refractivity contribution is 5.23. The maximum Gasteiger partial charge on any atom is 0.162 e. The highest BCUT2D eigenvalue weighted by Gasteiger charge is 2.36. The number of hydrogen-bond acceptors (Lipinski definition) is 2. The molecule has 98 valence electrons. The van der Waals surface area contributed by atoms with Gasteiger partial charge in [-0.15, -0.1) is 0 Å². The third kappa shape index (κ3) is 1.95. The van der Waals surface area contributed by atoms with Gasteiger partial charge in [0.25, 0.3) is 0 Å². The van der Waals surface area contributed by atoms with Crippen molar-refractivity contribution in [3.8, 4) is 0 Å². The summed E-state index contributed by atoms with van der Waals surface area (Å²) < 4.78 is 24.0. The number of hydrogen-bond donors (Lipinski definition) is 0. The molecular formula is C15H16FN3. The molecule has 2 heterocycles. The highest BCUT2D eigenvalue weighted by atomic mass is 19.1. The lowest BCUT2D eigenvalue weighted by Gasteiger charge is -2.11. The fourth-order valence-electron chi connectivity index (χ4n) is 2.69. The van der Waals surface area contributed by atoms with E-state index in [2.05, 4.69) is 10.1 Å². The number of halogens is 1. The number of rotatable bonds is 3. The van der Waals surface area contributed by atoms with Crippen molar-refractivity contribution in [3.63, 3.8) is 0 Å². The van der Waals surface area contributed by atoms with E-state index < -0.39 is 12.6 Å². The van der Waals surface area contributed by atoms with Gasteiger partial charge < -0.3 is 0 Å². The molecule has 0 radical (unpaired) electrons. The molecule has 4 heteroatoms. The van der Waals surface area contributed by atoms with Crippen LogP contribution >= 0.6 is 0 Å². The van der Waals surface area contributed by atoms with Crippen LogP contribution in [-0.2, 0) is 6.40 Å². The zero-order chi connectivity index (χ0) is 13.7. The van der Waals surface area contributed by atoms with E-state index in [9.17, 15) is 4.39 Å². The van der Waals surface area contributed by atoms with E-state index in [1.165, 1.54) is 0 Å². The molecule has 19 heavy (non-hydrogen) atoms.